The van der Waals surface area contributed by atoms with E-state index < -0.39 is 5.82 Å². The monoisotopic (exact) mass is 276 g/mol. The molecule has 18 heavy (non-hydrogen) atoms. The van der Waals surface area contributed by atoms with E-state index in [9.17, 15) is 4.39 Å². The Balaban J connectivity index is 2.55. The molecule has 0 aliphatic heterocycles. The Morgan fingerprint density at radius 3 is 2.56 bits per heavy atom. The second-order valence-electron chi connectivity index (χ2n) is 4.33. The van der Waals surface area contributed by atoms with E-state index in [0.29, 0.717) is 19.1 Å². The average Bonchev–Trinajstić information content (AvgIpc) is 2.29. The molecule has 0 fully saturated rings. The first-order valence-corrected chi connectivity index (χ1v) is 6.04. The third kappa shape index (κ3) is 3.92. The lowest BCUT2D eigenvalue weighted by molar-refractivity contribution is 0.0810. The molecule has 0 heterocycles. The van der Waals surface area contributed by atoms with Gasteiger partial charge in [-0.1, -0.05) is 25.4 Å². The number of anilines is 2. The summed E-state index contributed by atoms with van der Waals surface area (Å²) in [4.78, 5) is 0. The number of hydrogen-bond acceptors (Lipinski definition) is 4. The number of nitrogens with two attached hydrogens (primary N) is 2. The van der Waals surface area contributed by atoms with Crippen molar-refractivity contribution in [1.82, 2.24) is 0 Å². The number of rotatable bonds is 6. The summed E-state index contributed by atoms with van der Waals surface area (Å²) in [5.74, 6) is -0.377. The highest BCUT2D eigenvalue weighted by atomic mass is 35.5. The van der Waals surface area contributed by atoms with Crippen LogP contribution in [0.1, 0.15) is 13.8 Å². The topological polar surface area (TPSA) is 70.5 Å². The number of hydrogen-bond donors (Lipinski definition) is 2. The van der Waals surface area contributed by atoms with Crippen molar-refractivity contribution in [3.63, 3.8) is 0 Å². The lowest BCUT2D eigenvalue weighted by Crippen LogP contribution is -2.12. The van der Waals surface area contributed by atoms with E-state index in [2.05, 4.69) is 0 Å². The molecule has 0 saturated carbocycles. The van der Waals surface area contributed by atoms with Crippen molar-refractivity contribution in [3.05, 3.63) is 16.9 Å². The Hall–Kier alpha value is -1.20. The van der Waals surface area contributed by atoms with E-state index >= 15 is 0 Å². The summed E-state index contributed by atoms with van der Waals surface area (Å²) < 4.78 is 24.2. The van der Waals surface area contributed by atoms with Crippen LogP contribution in [0.15, 0.2) is 6.07 Å². The first-order valence-electron chi connectivity index (χ1n) is 5.67. The molecule has 0 aliphatic rings. The van der Waals surface area contributed by atoms with Crippen molar-refractivity contribution < 1.29 is 13.9 Å². The Labute approximate surface area is 111 Å². The Morgan fingerprint density at radius 2 is 1.94 bits per heavy atom. The van der Waals surface area contributed by atoms with Crippen LogP contribution in [-0.4, -0.2) is 19.8 Å². The molecule has 0 aliphatic carbocycles. The fourth-order valence-electron chi connectivity index (χ4n) is 1.32. The molecular weight excluding hydrogens is 259 g/mol. The summed E-state index contributed by atoms with van der Waals surface area (Å²) in [6.07, 6.45) is 0. The van der Waals surface area contributed by atoms with Gasteiger partial charge in [-0.3, -0.25) is 0 Å². The van der Waals surface area contributed by atoms with Crippen LogP contribution in [0.5, 0.6) is 5.75 Å². The summed E-state index contributed by atoms with van der Waals surface area (Å²) in [6.45, 7) is 5.27. The predicted molar refractivity (Wildman–Crippen MR) is 71.4 cm³/mol. The third-order valence-corrected chi connectivity index (χ3v) is 2.53. The van der Waals surface area contributed by atoms with Gasteiger partial charge in [-0.25, -0.2) is 4.39 Å². The lowest BCUT2D eigenvalue weighted by Gasteiger charge is -2.12. The molecule has 1 aromatic rings. The standard InChI is InChI=1S/C12H18ClFN2O2/c1-7(2)6-17-3-4-18-12-9(16)5-8(15)10(13)11(12)14/h5,7H,3-4,6,15-16H2,1-2H3. The highest BCUT2D eigenvalue weighted by Gasteiger charge is 2.15. The number of benzene rings is 1. The highest BCUT2D eigenvalue weighted by Crippen LogP contribution is 2.35. The summed E-state index contributed by atoms with van der Waals surface area (Å²) in [6, 6.07) is 1.37. The van der Waals surface area contributed by atoms with Gasteiger partial charge in [-0.05, 0) is 12.0 Å². The molecule has 0 bridgehead atoms. The molecule has 0 amide bonds. The van der Waals surface area contributed by atoms with Gasteiger partial charge in [0, 0.05) is 6.61 Å². The van der Waals surface area contributed by atoms with E-state index in [1.807, 2.05) is 13.8 Å². The molecule has 1 aromatic carbocycles. The molecule has 0 spiro atoms. The smallest absolute Gasteiger partial charge is 0.187 e. The number of halogens is 2. The summed E-state index contributed by atoms with van der Waals surface area (Å²) in [5, 5.41) is -0.178. The van der Waals surface area contributed by atoms with Crippen molar-refractivity contribution in [2.45, 2.75) is 13.8 Å². The SMILES string of the molecule is CC(C)COCCOc1c(N)cc(N)c(Cl)c1F. The maximum absolute atomic E-state index is 13.7. The first-order chi connectivity index (χ1) is 8.43. The minimum Gasteiger partial charge on any atom is -0.486 e. The fourth-order valence-corrected chi connectivity index (χ4v) is 1.46. The van der Waals surface area contributed by atoms with Crippen LogP contribution in [0.25, 0.3) is 0 Å². The maximum atomic E-state index is 13.7. The van der Waals surface area contributed by atoms with Crippen LogP contribution in [-0.2, 0) is 4.74 Å². The van der Waals surface area contributed by atoms with E-state index in [0.717, 1.165) is 0 Å². The largest absolute Gasteiger partial charge is 0.486 e. The number of ether oxygens (including phenoxy) is 2. The molecule has 0 unspecified atom stereocenters. The molecular formula is C12H18ClFN2O2. The van der Waals surface area contributed by atoms with Crippen molar-refractivity contribution in [3.8, 4) is 5.75 Å². The van der Waals surface area contributed by atoms with Crippen LogP contribution in [0.2, 0.25) is 5.02 Å². The molecule has 4 nitrogen and oxygen atoms in total. The van der Waals surface area contributed by atoms with Gasteiger partial charge >= 0.3 is 0 Å². The van der Waals surface area contributed by atoms with Gasteiger partial charge in [0.05, 0.1) is 18.0 Å². The molecule has 0 aromatic heterocycles. The van der Waals surface area contributed by atoms with Gasteiger partial charge in [-0.2, -0.15) is 0 Å². The summed E-state index contributed by atoms with van der Waals surface area (Å²) >= 11 is 5.67. The molecule has 0 saturated heterocycles. The van der Waals surface area contributed by atoms with Gasteiger partial charge in [-0.15, -0.1) is 0 Å². The Bertz CT molecular complexity index is 414. The van der Waals surface area contributed by atoms with Gasteiger partial charge in [0.15, 0.2) is 11.6 Å². The quantitative estimate of drug-likeness (QED) is 0.619. The Kier molecular flexibility index (Phi) is 5.50. The van der Waals surface area contributed by atoms with Crippen LogP contribution in [0.3, 0.4) is 0 Å². The van der Waals surface area contributed by atoms with Crippen molar-refractivity contribution in [2.24, 2.45) is 5.92 Å². The zero-order valence-electron chi connectivity index (χ0n) is 10.5. The molecule has 1 rings (SSSR count). The number of nitrogen functional groups attached to an aromatic ring is 2. The van der Waals surface area contributed by atoms with Crippen LogP contribution in [0.4, 0.5) is 15.8 Å². The second kappa shape index (κ2) is 6.66. The first kappa shape index (κ1) is 14.9. The lowest BCUT2D eigenvalue weighted by atomic mass is 10.2. The molecule has 102 valence electrons. The van der Waals surface area contributed by atoms with E-state index in [1.165, 1.54) is 6.07 Å². The van der Waals surface area contributed by atoms with Crippen molar-refractivity contribution in [2.75, 3.05) is 31.3 Å². The minimum absolute atomic E-state index is 0.0812. The zero-order chi connectivity index (χ0) is 13.7. The van der Waals surface area contributed by atoms with E-state index in [-0.39, 0.29) is 28.8 Å². The third-order valence-electron chi connectivity index (χ3n) is 2.14. The maximum Gasteiger partial charge on any atom is 0.187 e. The fraction of sp³-hybridized carbons (Fsp3) is 0.500. The second-order valence-corrected chi connectivity index (χ2v) is 4.71. The Morgan fingerprint density at radius 1 is 1.28 bits per heavy atom. The van der Waals surface area contributed by atoms with Crippen LogP contribution < -0.4 is 16.2 Å². The zero-order valence-corrected chi connectivity index (χ0v) is 11.3. The average molecular weight is 277 g/mol. The van der Waals surface area contributed by atoms with Gasteiger partial charge < -0.3 is 20.9 Å². The summed E-state index contributed by atoms with van der Waals surface area (Å²) in [7, 11) is 0. The van der Waals surface area contributed by atoms with Crippen LogP contribution >= 0.6 is 11.6 Å². The molecule has 6 heteroatoms. The minimum atomic E-state index is -0.738. The molecule has 0 atom stereocenters. The van der Waals surface area contributed by atoms with Crippen LogP contribution in [0, 0.1) is 11.7 Å². The van der Waals surface area contributed by atoms with Crippen molar-refractivity contribution in [1.29, 1.82) is 0 Å². The predicted octanol–water partition coefficient (Wildman–Crippen LogP) is 2.69. The summed E-state index contributed by atoms with van der Waals surface area (Å²) in [5.41, 5.74) is 11.3. The molecule has 0 radical (unpaired) electrons. The van der Waals surface area contributed by atoms with Crippen molar-refractivity contribution >= 4 is 23.0 Å². The van der Waals surface area contributed by atoms with Gasteiger partial charge in [0.1, 0.15) is 11.6 Å². The van der Waals surface area contributed by atoms with Gasteiger partial charge in [0.2, 0.25) is 0 Å². The molecule has 4 N–H and O–H groups in total. The van der Waals surface area contributed by atoms with E-state index in [1.54, 1.807) is 0 Å². The van der Waals surface area contributed by atoms with E-state index in [4.69, 9.17) is 32.5 Å². The normalized spacial score (nSPS) is 10.9. The highest BCUT2D eigenvalue weighted by molar-refractivity contribution is 6.33. The van der Waals surface area contributed by atoms with Gasteiger partial charge in [0.25, 0.3) is 0 Å².